The van der Waals surface area contributed by atoms with Crippen molar-refractivity contribution >= 4 is 35.5 Å². The molecule has 0 spiro atoms. The lowest BCUT2D eigenvalue weighted by atomic mass is 9.83. The topological polar surface area (TPSA) is 99.8 Å². The molecule has 1 heterocycles. The summed E-state index contributed by atoms with van der Waals surface area (Å²) in [5.74, 6) is -0.872. The average molecular weight is 683 g/mol. The van der Waals surface area contributed by atoms with Crippen LogP contribution in [0, 0.1) is 0 Å². The highest BCUT2D eigenvalue weighted by Gasteiger charge is 2.39. The highest BCUT2D eigenvalue weighted by Crippen LogP contribution is 2.48. The minimum atomic E-state index is -0.454. The standard InChI is InChI=1S/C38H44N4O4S.C2H6/c1-5-35(43)39-23-14-24-42-33-22-21-30(47-46-4)25-32(33)38(2,3)34(42)20-13-12-19-31(36(44)40-26-28-15-8-6-9-16-28)37(45)41-27-29-17-10-7-11-18-29;1-2/h6-13,15-22,25H,5,14,23-24,26-27H2,1-4H3,(H,39,43)(H,40,44)(H,41,45);1-2H3/b13-12+,34-20+;. The number of hydrogen-bond donors (Lipinski definition) is 3. The van der Waals surface area contributed by atoms with E-state index in [1.807, 2.05) is 99.7 Å². The minimum Gasteiger partial charge on any atom is -0.356 e. The Hall–Kier alpha value is -4.60. The Morgan fingerprint density at radius 3 is 1.98 bits per heavy atom. The van der Waals surface area contributed by atoms with Crippen LogP contribution in [0.4, 0.5) is 5.69 Å². The van der Waals surface area contributed by atoms with Crippen molar-refractivity contribution < 1.29 is 18.6 Å². The van der Waals surface area contributed by atoms with Crippen LogP contribution in [0.5, 0.6) is 0 Å². The van der Waals surface area contributed by atoms with E-state index in [1.165, 1.54) is 17.6 Å². The van der Waals surface area contributed by atoms with Crippen LogP contribution in [-0.2, 0) is 37.1 Å². The van der Waals surface area contributed by atoms with Gasteiger partial charge in [0, 0.05) is 66.3 Å². The Morgan fingerprint density at radius 2 is 1.43 bits per heavy atom. The van der Waals surface area contributed by atoms with Gasteiger partial charge in [-0.15, -0.1) is 0 Å². The van der Waals surface area contributed by atoms with Gasteiger partial charge in [-0.05, 0) is 53.5 Å². The van der Waals surface area contributed by atoms with E-state index in [1.54, 1.807) is 19.3 Å². The molecule has 3 aromatic carbocycles. The first-order valence-electron chi connectivity index (χ1n) is 16.9. The van der Waals surface area contributed by atoms with Crippen molar-refractivity contribution in [2.24, 2.45) is 0 Å². The quantitative estimate of drug-likeness (QED) is 0.0387. The third-order valence-corrected chi connectivity index (χ3v) is 8.57. The van der Waals surface area contributed by atoms with E-state index in [0.29, 0.717) is 32.6 Å². The number of anilines is 1. The molecular weight excluding hydrogens is 633 g/mol. The summed E-state index contributed by atoms with van der Waals surface area (Å²) in [6.45, 7) is 12.1. The van der Waals surface area contributed by atoms with Crippen molar-refractivity contribution in [2.75, 3.05) is 25.1 Å². The summed E-state index contributed by atoms with van der Waals surface area (Å²) in [6, 6.07) is 25.5. The van der Waals surface area contributed by atoms with Crippen LogP contribution in [0.1, 0.15) is 64.2 Å². The molecule has 260 valence electrons. The zero-order valence-electron chi connectivity index (χ0n) is 29.5. The lowest BCUT2D eigenvalue weighted by molar-refractivity contribution is -0.124. The molecule has 1 aliphatic rings. The molecule has 9 heteroatoms. The van der Waals surface area contributed by atoms with Crippen molar-refractivity contribution in [1.82, 2.24) is 16.0 Å². The Kier molecular flexibility index (Phi) is 15.9. The van der Waals surface area contributed by atoms with Crippen molar-refractivity contribution in [3.63, 3.8) is 0 Å². The predicted molar refractivity (Wildman–Crippen MR) is 201 cm³/mol. The molecule has 8 nitrogen and oxygen atoms in total. The number of nitrogens with one attached hydrogen (secondary N) is 3. The molecule has 0 saturated carbocycles. The number of allylic oxidation sites excluding steroid dienone is 5. The average Bonchev–Trinajstić information content (AvgIpc) is 3.34. The molecule has 3 aromatic rings. The Labute approximate surface area is 296 Å². The molecule has 0 fully saturated rings. The van der Waals surface area contributed by atoms with Gasteiger partial charge >= 0.3 is 0 Å². The first kappa shape index (κ1) is 38.8. The zero-order chi connectivity index (χ0) is 35.6. The largest absolute Gasteiger partial charge is 0.356 e. The summed E-state index contributed by atoms with van der Waals surface area (Å²) in [6.07, 6.45) is 8.42. The van der Waals surface area contributed by atoms with Crippen molar-refractivity contribution in [3.05, 3.63) is 131 Å². The molecular formula is C40H50N4O4S. The molecule has 1 aliphatic heterocycles. The maximum Gasteiger partial charge on any atom is 0.257 e. The van der Waals surface area contributed by atoms with Gasteiger partial charge in [0.05, 0.1) is 7.11 Å². The molecule has 0 aromatic heterocycles. The van der Waals surface area contributed by atoms with Gasteiger partial charge in [-0.3, -0.25) is 14.4 Å². The number of hydrogen-bond acceptors (Lipinski definition) is 6. The van der Waals surface area contributed by atoms with E-state index >= 15 is 0 Å². The van der Waals surface area contributed by atoms with Gasteiger partial charge in [0.1, 0.15) is 5.57 Å². The predicted octanol–water partition coefficient (Wildman–Crippen LogP) is 7.38. The van der Waals surface area contributed by atoms with E-state index in [-0.39, 0.29) is 16.9 Å². The van der Waals surface area contributed by atoms with Gasteiger partial charge in [0.15, 0.2) is 0 Å². The van der Waals surface area contributed by atoms with Gasteiger partial charge in [-0.1, -0.05) is 107 Å². The van der Waals surface area contributed by atoms with Crippen molar-refractivity contribution in [2.45, 2.75) is 70.9 Å². The van der Waals surface area contributed by atoms with Crippen LogP contribution in [0.15, 0.2) is 119 Å². The fourth-order valence-corrected chi connectivity index (χ4v) is 5.92. The third kappa shape index (κ3) is 11.2. The Morgan fingerprint density at radius 1 is 0.837 bits per heavy atom. The molecule has 0 unspecified atom stereocenters. The Bertz CT molecular complexity index is 1560. The van der Waals surface area contributed by atoms with Crippen LogP contribution in [-0.4, -0.2) is 37.9 Å². The minimum absolute atomic E-state index is 0.0187. The highest BCUT2D eigenvalue weighted by molar-refractivity contribution is 7.94. The van der Waals surface area contributed by atoms with Gasteiger partial charge in [0.2, 0.25) is 5.91 Å². The molecule has 3 N–H and O–H groups in total. The molecule has 0 saturated heterocycles. The first-order valence-corrected chi connectivity index (χ1v) is 17.6. The molecule has 4 rings (SSSR count). The van der Waals surface area contributed by atoms with E-state index in [2.05, 4.69) is 46.8 Å². The van der Waals surface area contributed by atoms with Crippen molar-refractivity contribution in [3.8, 4) is 0 Å². The lowest BCUT2D eigenvalue weighted by Gasteiger charge is -2.27. The van der Waals surface area contributed by atoms with E-state index in [4.69, 9.17) is 4.18 Å². The van der Waals surface area contributed by atoms with Crippen LogP contribution >= 0.6 is 12.0 Å². The molecule has 0 bridgehead atoms. The van der Waals surface area contributed by atoms with Crippen LogP contribution in [0.25, 0.3) is 0 Å². The Balaban J connectivity index is 0.00000319. The smallest absolute Gasteiger partial charge is 0.257 e. The van der Waals surface area contributed by atoms with E-state index in [0.717, 1.165) is 33.8 Å². The second-order valence-corrected chi connectivity index (χ2v) is 12.6. The second-order valence-electron chi connectivity index (χ2n) is 11.6. The number of carbonyl (C=O) groups excluding carboxylic acids is 3. The van der Waals surface area contributed by atoms with Gasteiger partial charge < -0.3 is 25.0 Å². The summed E-state index contributed by atoms with van der Waals surface area (Å²) >= 11 is 1.32. The molecule has 0 aliphatic carbocycles. The zero-order valence-corrected chi connectivity index (χ0v) is 30.4. The third-order valence-electron chi connectivity index (χ3n) is 7.95. The maximum absolute atomic E-state index is 13.3. The summed E-state index contributed by atoms with van der Waals surface area (Å²) in [4.78, 5) is 41.7. The number of amides is 3. The fourth-order valence-electron chi connectivity index (χ4n) is 5.43. The SMILES string of the molecule is CC.CCC(=O)NCCCN1/C(=C/C=C/C=C(C(=O)NCc2ccccc2)C(=O)NCc2ccccc2)C(C)(C)c2cc(SOC)ccc21. The summed E-state index contributed by atoms with van der Waals surface area (Å²) in [5, 5.41) is 8.73. The number of fused-ring (bicyclic) bond motifs is 1. The summed E-state index contributed by atoms with van der Waals surface area (Å²) < 4.78 is 5.31. The van der Waals surface area contributed by atoms with Crippen LogP contribution in [0.3, 0.4) is 0 Å². The monoisotopic (exact) mass is 682 g/mol. The maximum atomic E-state index is 13.3. The lowest BCUT2D eigenvalue weighted by Crippen LogP contribution is -2.34. The van der Waals surface area contributed by atoms with E-state index < -0.39 is 11.8 Å². The number of nitrogens with zero attached hydrogens (tertiary/aromatic N) is 1. The van der Waals surface area contributed by atoms with Crippen molar-refractivity contribution in [1.29, 1.82) is 0 Å². The van der Waals surface area contributed by atoms with Gasteiger partial charge in [-0.2, -0.15) is 0 Å². The van der Waals surface area contributed by atoms with Crippen LogP contribution < -0.4 is 20.9 Å². The summed E-state index contributed by atoms with van der Waals surface area (Å²) in [5.41, 5.74) is 4.92. The summed E-state index contributed by atoms with van der Waals surface area (Å²) in [7, 11) is 1.65. The number of benzene rings is 3. The van der Waals surface area contributed by atoms with E-state index in [9.17, 15) is 14.4 Å². The second kappa shape index (κ2) is 20.0. The molecule has 3 amide bonds. The van der Waals surface area contributed by atoms with Gasteiger partial charge in [-0.25, -0.2) is 0 Å². The number of rotatable bonds is 15. The molecule has 0 radical (unpaired) electrons. The fraction of sp³-hybridized carbons (Fsp3) is 0.325. The highest BCUT2D eigenvalue weighted by atomic mass is 32.2. The molecule has 0 atom stereocenters. The van der Waals surface area contributed by atoms with Gasteiger partial charge in [0.25, 0.3) is 11.8 Å². The number of carbonyl (C=O) groups is 3. The molecule has 49 heavy (non-hydrogen) atoms. The first-order chi connectivity index (χ1) is 23.7. The normalized spacial score (nSPS) is 13.7. The van der Waals surface area contributed by atoms with Crippen LogP contribution in [0.2, 0.25) is 0 Å².